The lowest BCUT2D eigenvalue weighted by molar-refractivity contribution is -0.132. The first-order valence-electron chi connectivity index (χ1n) is 10.2. The Morgan fingerprint density at radius 2 is 2.00 bits per heavy atom. The number of nitrogens with one attached hydrogen (secondary N) is 1. The first kappa shape index (κ1) is 19.5. The number of Topliss-reactive ketones (excluding diaryl/α,β-unsaturated/α-hetero) is 1. The van der Waals surface area contributed by atoms with Crippen LogP contribution in [0, 0.1) is 5.92 Å². The van der Waals surface area contributed by atoms with Gasteiger partial charge in [0.15, 0.2) is 5.78 Å². The predicted octanol–water partition coefficient (Wildman–Crippen LogP) is 2.25. The molecule has 2 aliphatic rings. The van der Waals surface area contributed by atoms with E-state index in [1.54, 1.807) is 11.7 Å². The maximum absolute atomic E-state index is 13.6. The lowest BCUT2D eigenvalue weighted by Gasteiger charge is -2.33. The fourth-order valence-electron chi connectivity index (χ4n) is 4.72. The number of para-hydroxylation sites is 1. The molecule has 0 aliphatic carbocycles. The third-order valence-corrected chi connectivity index (χ3v) is 6.28. The topological polar surface area (TPSA) is 89.6 Å². The van der Waals surface area contributed by atoms with Crippen LogP contribution in [0.5, 0.6) is 0 Å². The van der Waals surface area contributed by atoms with Gasteiger partial charge in [0.25, 0.3) is 0 Å². The molecule has 3 heterocycles. The number of hydrogen-bond acceptors (Lipinski definition) is 5. The summed E-state index contributed by atoms with van der Waals surface area (Å²) in [4.78, 5) is 27.7. The summed E-state index contributed by atoms with van der Waals surface area (Å²) in [5, 5.41) is 4.57. The molecule has 1 aromatic heterocycles. The van der Waals surface area contributed by atoms with Gasteiger partial charge in [0, 0.05) is 31.3 Å². The average Bonchev–Trinajstić information content (AvgIpc) is 3.04. The molecule has 0 bridgehead atoms. The summed E-state index contributed by atoms with van der Waals surface area (Å²) in [6.45, 7) is 2.70. The van der Waals surface area contributed by atoms with Crippen molar-refractivity contribution < 1.29 is 14.3 Å². The standard InChI is InChI=1S/C22H28N4O3/c1-4-13-9-10-17(27)25(2)22(29-3)18(21(13)28)19-20-15(11-12-24-19)14-7-5-6-8-16(14)26(20)23/h5-8,13,19,24H,4,9-12,23H2,1-3H3/b22-18+. The molecular weight excluding hydrogens is 368 g/mol. The second-order valence-corrected chi connectivity index (χ2v) is 7.77. The highest BCUT2D eigenvalue weighted by Gasteiger charge is 2.39. The number of ketones is 1. The third-order valence-electron chi connectivity index (χ3n) is 6.28. The van der Waals surface area contributed by atoms with Crippen molar-refractivity contribution in [3.8, 4) is 0 Å². The minimum atomic E-state index is -0.430. The molecule has 0 fully saturated rings. The van der Waals surface area contributed by atoms with Crippen LogP contribution in [0.1, 0.15) is 43.5 Å². The van der Waals surface area contributed by atoms with Gasteiger partial charge in [0.05, 0.1) is 29.9 Å². The molecule has 2 aromatic rings. The number of benzene rings is 1. The van der Waals surface area contributed by atoms with E-state index in [9.17, 15) is 9.59 Å². The number of nitrogens with zero attached hydrogens (tertiary/aromatic N) is 2. The quantitative estimate of drug-likeness (QED) is 0.777. The second kappa shape index (κ2) is 7.55. The Morgan fingerprint density at radius 3 is 2.72 bits per heavy atom. The predicted molar refractivity (Wildman–Crippen MR) is 111 cm³/mol. The van der Waals surface area contributed by atoms with Crippen molar-refractivity contribution in [2.75, 3.05) is 26.5 Å². The van der Waals surface area contributed by atoms with Crippen LogP contribution in [0.2, 0.25) is 0 Å². The van der Waals surface area contributed by atoms with Crippen LogP contribution in [-0.2, 0) is 20.7 Å². The van der Waals surface area contributed by atoms with E-state index in [1.165, 1.54) is 12.0 Å². The fraction of sp³-hybridized carbons (Fsp3) is 0.455. The Hall–Kier alpha value is -2.80. The lowest BCUT2D eigenvalue weighted by atomic mass is 9.83. The van der Waals surface area contributed by atoms with Gasteiger partial charge in [0.1, 0.15) is 0 Å². The van der Waals surface area contributed by atoms with Crippen LogP contribution in [0.4, 0.5) is 0 Å². The van der Waals surface area contributed by atoms with E-state index in [0.29, 0.717) is 37.3 Å². The summed E-state index contributed by atoms with van der Waals surface area (Å²) in [5.41, 5.74) is 3.43. The highest BCUT2D eigenvalue weighted by molar-refractivity contribution is 6.01. The molecule has 154 valence electrons. The van der Waals surface area contributed by atoms with E-state index in [1.807, 2.05) is 25.1 Å². The van der Waals surface area contributed by atoms with Crippen LogP contribution in [0.25, 0.3) is 10.9 Å². The van der Waals surface area contributed by atoms with Gasteiger partial charge in [-0.15, -0.1) is 0 Å². The summed E-state index contributed by atoms with van der Waals surface area (Å²) in [6, 6.07) is 7.58. The van der Waals surface area contributed by atoms with Crippen molar-refractivity contribution >= 4 is 22.6 Å². The molecule has 1 amide bonds. The third kappa shape index (κ3) is 3.00. The van der Waals surface area contributed by atoms with E-state index >= 15 is 0 Å². The SMILES string of the molecule is CCC1CCC(=O)N(C)/C(OC)=C(/C2NCCc3c2n(N)c2ccccc32)C1=O. The van der Waals surface area contributed by atoms with E-state index in [0.717, 1.165) is 28.6 Å². The zero-order valence-corrected chi connectivity index (χ0v) is 17.2. The lowest BCUT2D eigenvalue weighted by Crippen LogP contribution is -2.41. The molecule has 2 atom stereocenters. The van der Waals surface area contributed by atoms with Crippen molar-refractivity contribution in [3.63, 3.8) is 0 Å². The Balaban J connectivity index is 1.96. The maximum atomic E-state index is 13.6. The highest BCUT2D eigenvalue weighted by Crippen LogP contribution is 2.39. The van der Waals surface area contributed by atoms with Crippen molar-refractivity contribution in [2.24, 2.45) is 5.92 Å². The number of carbonyl (C=O) groups excluding carboxylic acids is 2. The summed E-state index contributed by atoms with van der Waals surface area (Å²) in [7, 11) is 3.18. The summed E-state index contributed by atoms with van der Waals surface area (Å²) in [5.74, 6) is 6.59. The first-order valence-corrected chi connectivity index (χ1v) is 10.2. The van der Waals surface area contributed by atoms with Gasteiger partial charge in [-0.1, -0.05) is 25.1 Å². The number of amides is 1. The van der Waals surface area contributed by atoms with E-state index in [4.69, 9.17) is 10.6 Å². The molecule has 7 nitrogen and oxygen atoms in total. The van der Waals surface area contributed by atoms with Crippen LogP contribution >= 0.6 is 0 Å². The van der Waals surface area contributed by atoms with E-state index in [-0.39, 0.29) is 17.6 Å². The van der Waals surface area contributed by atoms with E-state index in [2.05, 4.69) is 11.4 Å². The molecule has 2 aliphatic heterocycles. The van der Waals surface area contributed by atoms with Crippen molar-refractivity contribution in [1.29, 1.82) is 0 Å². The summed E-state index contributed by atoms with van der Waals surface area (Å²) < 4.78 is 7.32. The second-order valence-electron chi connectivity index (χ2n) is 7.77. The highest BCUT2D eigenvalue weighted by atomic mass is 16.5. The van der Waals surface area contributed by atoms with Gasteiger partial charge in [-0.25, -0.2) is 0 Å². The summed E-state index contributed by atoms with van der Waals surface area (Å²) in [6.07, 6.45) is 2.39. The zero-order valence-electron chi connectivity index (χ0n) is 17.2. The van der Waals surface area contributed by atoms with Crippen LogP contribution < -0.4 is 11.2 Å². The molecule has 0 spiro atoms. The minimum Gasteiger partial charge on any atom is -0.482 e. The minimum absolute atomic E-state index is 0.0271. The number of hydrogen-bond donors (Lipinski definition) is 2. The first-order chi connectivity index (χ1) is 14.0. The van der Waals surface area contributed by atoms with Crippen LogP contribution in [0.15, 0.2) is 35.7 Å². The number of ether oxygens (including phenoxy) is 1. The van der Waals surface area contributed by atoms with Gasteiger partial charge in [-0.3, -0.25) is 19.2 Å². The number of methoxy groups -OCH3 is 1. The largest absolute Gasteiger partial charge is 0.482 e. The van der Waals surface area contributed by atoms with Gasteiger partial charge in [-0.05, 0) is 30.9 Å². The normalized spacial score (nSPS) is 25.7. The fourth-order valence-corrected chi connectivity index (χ4v) is 4.72. The van der Waals surface area contributed by atoms with Crippen molar-refractivity contribution in [2.45, 2.75) is 38.6 Å². The molecular formula is C22H28N4O3. The van der Waals surface area contributed by atoms with Gasteiger partial charge in [-0.2, -0.15) is 0 Å². The number of nitrogens with two attached hydrogens (primary N) is 1. The summed E-state index contributed by atoms with van der Waals surface area (Å²) >= 11 is 0. The molecule has 3 N–H and O–H groups in total. The van der Waals surface area contributed by atoms with Crippen LogP contribution in [0.3, 0.4) is 0 Å². The average molecular weight is 396 g/mol. The number of carbonyl (C=O) groups is 2. The molecule has 2 unspecified atom stereocenters. The van der Waals surface area contributed by atoms with Gasteiger partial charge < -0.3 is 15.9 Å². The van der Waals surface area contributed by atoms with E-state index < -0.39 is 6.04 Å². The number of aromatic nitrogens is 1. The molecule has 4 rings (SSSR count). The molecule has 0 radical (unpaired) electrons. The Bertz CT molecular complexity index is 1010. The Kier molecular flexibility index (Phi) is 5.08. The van der Waals surface area contributed by atoms with Crippen molar-refractivity contribution in [1.82, 2.24) is 14.9 Å². The zero-order chi connectivity index (χ0) is 20.7. The monoisotopic (exact) mass is 396 g/mol. The molecule has 1 aromatic carbocycles. The van der Waals surface area contributed by atoms with Crippen molar-refractivity contribution in [3.05, 3.63) is 47.0 Å². The molecule has 29 heavy (non-hydrogen) atoms. The molecule has 0 saturated heterocycles. The maximum Gasteiger partial charge on any atom is 0.229 e. The Morgan fingerprint density at radius 1 is 1.24 bits per heavy atom. The van der Waals surface area contributed by atoms with Gasteiger partial charge in [0.2, 0.25) is 11.8 Å². The number of rotatable bonds is 3. The molecule has 0 saturated carbocycles. The Labute approximate surface area is 170 Å². The van der Waals surface area contributed by atoms with Gasteiger partial charge >= 0.3 is 0 Å². The van der Waals surface area contributed by atoms with Crippen LogP contribution in [-0.4, -0.2) is 42.0 Å². The number of nitrogen functional groups attached to an aromatic ring is 1. The molecule has 7 heteroatoms. The smallest absolute Gasteiger partial charge is 0.229 e. The number of fused-ring (bicyclic) bond motifs is 3.